The third-order valence-corrected chi connectivity index (χ3v) is 2.99. The van der Waals surface area contributed by atoms with Crippen molar-refractivity contribution in [2.45, 2.75) is 0 Å². The molecule has 0 saturated heterocycles. The van der Waals surface area contributed by atoms with Crippen molar-refractivity contribution >= 4 is 11.3 Å². The Hall–Kier alpha value is -2.75. The zero-order valence-corrected chi connectivity index (χ0v) is 11.1. The van der Waals surface area contributed by atoms with Gasteiger partial charge in [0.25, 0.3) is 0 Å². The summed E-state index contributed by atoms with van der Waals surface area (Å²) in [7, 11) is 1.58. The van der Waals surface area contributed by atoms with Gasteiger partial charge in [-0.05, 0) is 29.8 Å². The van der Waals surface area contributed by atoms with Crippen molar-refractivity contribution in [2.75, 3.05) is 7.11 Å². The Morgan fingerprint density at radius 3 is 2.30 bits per heavy atom. The maximum absolute atomic E-state index is 9.78. The Kier molecular flexibility index (Phi) is 3.75. The van der Waals surface area contributed by atoms with Crippen molar-refractivity contribution < 1.29 is 14.9 Å². The molecular formula is C16H15NO3. The van der Waals surface area contributed by atoms with Gasteiger partial charge in [-0.15, -0.1) is 0 Å². The predicted molar refractivity (Wildman–Crippen MR) is 78.6 cm³/mol. The lowest BCUT2D eigenvalue weighted by Gasteiger charge is -2.10. The van der Waals surface area contributed by atoms with E-state index in [1.165, 1.54) is 18.2 Å². The minimum Gasteiger partial charge on any atom is -0.508 e. The third-order valence-electron chi connectivity index (χ3n) is 2.99. The van der Waals surface area contributed by atoms with Crippen LogP contribution in [0.1, 0.15) is 11.1 Å². The highest BCUT2D eigenvalue weighted by molar-refractivity contribution is 6.30. The van der Waals surface area contributed by atoms with Gasteiger partial charge in [0.05, 0.1) is 12.8 Å². The molecule has 102 valence electrons. The van der Waals surface area contributed by atoms with Crippen LogP contribution in [-0.4, -0.2) is 23.0 Å². The lowest BCUT2D eigenvalue weighted by atomic mass is 9.97. The highest BCUT2D eigenvalue weighted by Gasteiger charge is 2.12. The molecule has 0 saturated carbocycles. The summed E-state index contributed by atoms with van der Waals surface area (Å²) in [6.07, 6.45) is 0. The first-order valence-corrected chi connectivity index (χ1v) is 5.97. The third kappa shape index (κ3) is 2.64. The van der Waals surface area contributed by atoms with Gasteiger partial charge in [-0.1, -0.05) is 18.7 Å². The summed E-state index contributed by atoms with van der Waals surface area (Å²) in [6.45, 7) is 3.88. The Labute approximate surface area is 117 Å². The number of nitrogens with one attached hydrogen (secondary N) is 1. The van der Waals surface area contributed by atoms with Crippen LogP contribution in [0.5, 0.6) is 17.2 Å². The largest absolute Gasteiger partial charge is 0.508 e. The number of allylic oxidation sites excluding steroid dienone is 1. The molecule has 0 heterocycles. The first-order valence-electron chi connectivity index (χ1n) is 5.97. The summed E-state index contributed by atoms with van der Waals surface area (Å²) in [5.41, 5.74) is 1.67. The summed E-state index contributed by atoms with van der Waals surface area (Å²) < 4.78 is 5.08. The van der Waals surface area contributed by atoms with Gasteiger partial charge in [0.1, 0.15) is 17.2 Å². The van der Waals surface area contributed by atoms with Crippen LogP contribution in [-0.2, 0) is 0 Å². The van der Waals surface area contributed by atoms with Gasteiger partial charge in [0, 0.05) is 17.2 Å². The molecule has 0 aliphatic heterocycles. The lowest BCUT2D eigenvalue weighted by molar-refractivity contribution is 0.415. The monoisotopic (exact) mass is 269 g/mol. The van der Waals surface area contributed by atoms with Crippen LogP contribution in [0, 0.1) is 5.41 Å². The van der Waals surface area contributed by atoms with Crippen LogP contribution < -0.4 is 4.74 Å². The van der Waals surface area contributed by atoms with Crippen LogP contribution in [0.4, 0.5) is 0 Å². The number of methoxy groups -OCH3 is 1. The Morgan fingerprint density at radius 1 is 1.10 bits per heavy atom. The predicted octanol–water partition coefficient (Wildman–Crippen LogP) is 3.19. The van der Waals surface area contributed by atoms with Crippen molar-refractivity contribution in [3.8, 4) is 17.2 Å². The molecule has 0 aromatic heterocycles. The first kappa shape index (κ1) is 13.7. The number of benzene rings is 2. The molecule has 0 bridgehead atoms. The zero-order valence-electron chi connectivity index (χ0n) is 11.1. The minimum atomic E-state index is -0.148. The molecule has 0 atom stereocenters. The molecule has 0 aliphatic carbocycles. The van der Waals surface area contributed by atoms with Crippen LogP contribution >= 0.6 is 0 Å². The number of phenolic OH excluding ortho intramolecular Hbond substituents is 2. The van der Waals surface area contributed by atoms with Crippen molar-refractivity contribution in [1.29, 1.82) is 5.41 Å². The number of hydrogen-bond acceptors (Lipinski definition) is 4. The van der Waals surface area contributed by atoms with Crippen molar-refractivity contribution in [1.82, 2.24) is 0 Å². The van der Waals surface area contributed by atoms with Gasteiger partial charge in [0.2, 0.25) is 0 Å². The van der Waals surface area contributed by atoms with Crippen LogP contribution in [0.3, 0.4) is 0 Å². The molecule has 0 amide bonds. The molecule has 2 aromatic carbocycles. The summed E-state index contributed by atoms with van der Waals surface area (Å²) in [4.78, 5) is 0. The number of aromatic hydroxyl groups is 2. The van der Waals surface area contributed by atoms with E-state index in [9.17, 15) is 10.2 Å². The fourth-order valence-electron chi connectivity index (χ4n) is 1.83. The van der Waals surface area contributed by atoms with Crippen LogP contribution in [0.2, 0.25) is 0 Å². The normalized spacial score (nSPS) is 10.1. The summed E-state index contributed by atoms with van der Waals surface area (Å²) in [5.74, 6) is 0.527. The summed E-state index contributed by atoms with van der Waals surface area (Å²) in [6, 6.07) is 11.3. The number of hydrogen-bond donors (Lipinski definition) is 3. The van der Waals surface area contributed by atoms with E-state index in [0.717, 1.165) is 11.3 Å². The SMILES string of the molecule is C=C(C(=N)c1ccc(O)cc1O)c1ccc(OC)cc1. The highest BCUT2D eigenvalue weighted by Crippen LogP contribution is 2.28. The number of ether oxygens (including phenoxy) is 1. The van der Waals surface area contributed by atoms with E-state index < -0.39 is 0 Å². The number of phenols is 2. The molecule has 3 N–H and O–H groups in total. The van der Waals surface area contributed by atoms with Crippen LogP contribution in [0.25, 0.3) is 5.57 Å². The molecule has 0 spiro atoms. The smallest absolute Gasteiger partial charge is 0.128 e. The van der Waals surface area contributed by atoms with Crippen molar-refractivity contribution in [2.24, 2.45) is 0 Å². The molecule has 0 radical (unpaired) electrons. The zero-order chi connectivity index (χ0) is 14.7. The minimum absolute atomic E-state index is 0.0471. The van der Waals surface area contributed by atoms with Crippen molar-refractivity contribution in [3.05, 3.63) is 60.2 Å². The maximum atomic E-state index is 9.78. The van der Waals surface area contributed by atoms with Gasteiger partial charge in [0.15, 0.2) is 0 Å². The van der Waals surface area contributed by atoms with Gasteiger partial charge in [-0.25, -0.2) is 0 Å². The summed E-state index contributed by atoms with van der Waals surface area (Å²) in [5, 5.41) is 27.2. The molecule has 0 unspecified atom stereocenters. The fraction of sp³-hybridized carbons (Fsp3) is 0.0625. The topological polar surface area (TPSA) is 73.5 Å². The second kappa shape index (κ2) is 5.48. The first-order chi connectivity index (χ1) is 9.52. The Morgan fingerprint density at radius 2 is 1.75 bits per heavy atom. The van der Waals surface area contributed by atoms with E-state index in [1.807, 2.05) is 0 Å². The Balaban J connectivity index is 2.29. The second-order valence-corrected chi connectivity index (χ2v) is 4.28. The Bertz CT molecular complexity index is 660. The molecule has 20 heavy (non-hydrogen) atoms. The van der Waals surface area contributed by atoms with E-state index in [-0.39, 0.29) is 17.2 Å². The van der Waals surface area contributed by atoms with E-state index in [1.54, 1.807) is 31.4 Å². The van der Waals surface area contributed by atoms with Gasteiger partial charge >= 0.3 is 0 Å². The van der Waals surface area contributed by atoms with E-state index in [2.05, 4.69) is 6.58 Å². The average molecular weight is 269 g/mol. The van der Waals surface area contributed by atoms with Crippen LogP contribution in [0.15, 0.2) is 49.0 Å². The van der Waals surface area contributed by atoms with Gasteiger partial charge in [-0.2, -0.15) is 0 Å². The van der Waals surface area contributed by atoms with E-state index >= 15 is 0 Å². The highest BCUT2D eigenvalue weighted by atomic mass is 16.5. The molecule has 0 aliphatic rings. The quantitative estimate of drug-likeness (QED) is 0.746. The fourth-order valence-corrected chi connectivity index (χ4v) is 1.83. The maximum Gasteiger partial charge on any atom is 0.128 e. The van der Waals surface area contributed by atoms with E-state index in [4.69, 9.17) is 10.1 Å². The molecule has 2 aromatic rings. The number of rotatable bonds is 4. The lowest BCUT2D eigenvalue weighted by Crippen LogP contribution is -2.02. The summed E-state index contributed by atoms with van der Waals surface area (Å²) >= 11 is 0. The van der Waals surface area contributed by atoms with Crippen molar-refractivity contribution in [3.63, 3.8) is 0 Å². The van der Waals surface area contributed by atoms with E-state index in [0.29, 0.717) is 11.1 Å². The molecule has 4 nitrogen and oxygen atoms in total. The average Bonchev–Trinajstić information content (AvgIpc) is 2.46. The molecule has 0 fully saturated rings. The van der Waals surface area contributed by atoms with Gasteiger partial charge < -0.3 is 14.9 Å². The second-order valence-electron chi connectivity index (χ2n) is 4.28. The molecule has 2 rings (SSSR count). The van der Waals surface area contributed by atoms with Gasteiger partial charge in [-0.3, -0.25) is 5.41 Å². The molecule has 4 heteroatoms. The standard InChI is InChI=1S/C16H15NO3/c1-10(11-3-6-13(20-2)7-4-11)16(17)14-8-5-12(18)9-15(14)19/h3-9,17-19H,1H2,2H3. The molecular weight excluding hydrogens is 254 g/mol.